The zero-order chi connectivity index (χ0) is 21.6. The summed E-state index contributed by atoms with van der Waals surface area (Å²) in [6.07, 6.45) is 0.843. The van der Waals surface area contributed by atoms with Crippen LogP contribution in [0.25, 0.3) is 0 Å². The predicted molar refractivity (Wildman–Crippen MR) is 108 cm³/mol. The van der Waals surface area contributed by atoms with E-state index in [1.165, 1.54) is 12.1 Å². The number of aliphatic imine (C=N–C) groups is 1. The molecule has 166 valence electrons. The SMILES string of the molecule is CN=C(NCCOc1ccc(C(F)(F)F)cc1)NC1CCN(C(=O)C2CCCC2)C1. The molecule has 1 amide bonds. The molecule has 1 aliphatic carbocycles. The molecule has 1 atom stereocenters. The molecule has 1 heterocycles. The average Bonchev–Trinajstić information content (AvgIpc) is 3.41. The van der Waals surface area contributed by atoms with Crippen molar-refractivity contribution >= 4 is 11.9 Å². The topological polar surface area (TPSA) is 66.0 Å². The lowest BCUT2D eigenvalue weighted by Gasteiger charge is -2.21. The summed E-state index contributed by atoms with van der Waals surface area (Å²) < 4.78 is 43.2. The van der Waals surface area contributed by atoms with E-state index in [-0.39, 0.29) is 24.5 Å². The maximum absolute atomic E-state index is 12.6. The van der Waals surface area contributed by atoms with Gasteiger partial charge in [0.25, 0.3) is 0 Å². The molecular formula is C21H29F3N4O2. The van der Waals surface area contributed by atoms with Gasteiger partial charge in [-0.3, -0.25) is 9.79 Å². The molecule has 1 aliphatic heterocycles. The highest BCUT2D eigenvalue weighted by atomic mass is 19.4. The summed E-state index contributed by atoms with van der Waals surface area (Å²) in [6.45, 7) is 2.17. The van der Waals surface area contributed by atoms with Crippen LogP contribution in [0.15, 0.2) is 29.3 Å². The standard InChI is InChI=1S/C21H29F3N4O2/c1-25-20(26-11-13-30-18-8-6-16(7-9-18)21(22,23)24)27-17-10-12-28(14-17)19(29)15-4-2-3-5-15/h6-9,15,17H,2-5,10-14H2,1H3,(H2,25,26,27). The molecular weight excluding hydrogens is 397 g/mol. The average molecular weight is 426 g/mol. The van der Waals surface area contributed by atoms with E-state index >= 15 is 0 Å². The zero-order valence-corrected chi connectivity index (χ0v) is 17.2. The van der Waals surface area contributed by atoms with Crippen molar-refractivity contribution in [3.63, 3.8) is 0 Å². The molecule has 2 aliphatic rings. The van der Waals surface area contributed by atoms with Gasteiger partial charge in [0.1, 0.15) is 12.4 Å². The molecule has 0 radical (unpaired) electrons. The molecule has 1 saturated carbocycles. The number of nitrogens with zero attached hydrogens (tertiary/aromatic N) is 2. The lowest BCUT2D eigenvalue weighted by molar-refractivity contribution is -0.137. The molecule has 9 heteroatoms. The molecule has 2 N–H and O–H groups in total. The van der Waals surface area contributed by atoms with E-state index in [0.29, 0.717) is 24.8 Å². The summed E-state index contributed by atoms with van der Waals surface area (Å²) in [6, 6.07) is 4.77. The summed E-state index contributed by atoms with van der Waals surface area (Å²) in [5.41, 5.74) is -0.699. The van der Waals surface area contributed by atoms with Gasteiger partial charge >= 0.3 is 6.18 Å². The number of rotatable bonds is 6. The highest BCUT2D eigenvalue weighted by Gasteiger charge is 2.32. The number of likely N-dealkylation sites (tertiary alicyclic amines) is 1. The van der Waals surface area contributed by atoms with Crippen LogP contribution in [0.4, 0.5) is 13.2 Å². The van der Waals surface area contributed by atoms with E-state index in [1.54, 1.807) is 7.05 Å². The Morgan fingerprint density at radius 2 is 1.90 bits per heavy atom. The van der Waals surface area contributed by atoms with Gasteiger partial charge in [0.15, 0.2) is 5.96 Å². The number of halogens is 3. The molecule has 1 aromatic rings. The number of nitrogens with one attached hydrogen (secondary N) is 2. The Hall–Kier alpha value is -2.45. The second-order valence-corrected chi connectivity index (χ2v) is 7.77. The van der Waals surface area contributed by atoms with Gasteiger partial charge < -0.3 is 20.3 Å². The van der Waals surface area contributed by atoms with Crippen molar-refractivity contribution < 1.29 is 22.7 Å². The first-order valence-electron chi connectivity index (χ1n) is 10.4. The van der Waals surface area contributed by atoms with Crippen LogP contribution in [0, 0.1) is 5.92 Å². The predicted octanol–water partition coefficient (Wildman–Crippen LogP) is 3.04. The Morgan fingerprint density at radius 1 is 1.20 bits per heavy atom. The van der Waals surface area contributed by atoms with E-state index in [2.05, 4.69) is 15.6 Å². The number of hydrogen-bond donors (Lipinski definition) is 2. The lowest BCUT2D eigenvalue weighted by atomic mass is 10.1. The van der Waals surface area contributed by atoms with Gasteiger partial charge in [0, 0.05) is 32.1 Å². The first-order valence-corrected chi connectivity index (χ1v) is 10.4. The monoisotopic (exact) mass is 426 g/mol. The quantitative estimate of drug-likeness (QED) is 0.417. The summed E-state index contributed by atoms with van der Waals surface area (Å²) in [4.78, 5) is 18.7. The zero-order valence-electron chi connectivity index (χ0n) is 17.2. The fourth-order valence-corrected chi connectivity index (χ4v) is 3.98. The van der Waals surface area contributed by atoms with Gasteiger partial charge in [-0.1, -0.05) is 12.8 Å². The summed E-state index contributed by atoms with van der Waals surface area (Å²) in [5.74, 6) is 1.48. The molecule has 2 fully saturated rings. The van der Waals surface area contributed by atoms with Crippen molar-refractivity contribution in [3.8, 4) is 5.75 Å². The third-order valence-corrected chi connectivity index (χ3v) is 5.61. The van der Waals surface area contributed by atoms with Crippen molar-refractivity contribution in [1.29, 1.82) is 0 Å². The van der Waals surface area contributed by atoms with Crippen LogP contribution in [-0.2, 0) is 11.0 Å². The second-order valence-electron chi connectivity index (χ2n) is 7.77. The summed E-state index contributed by atoms with van der Waals surface area (Å²) >= 11 is 0. The van der Waals surface area contributed by atoms with Gasteiger partial charge in [-0.05, 0) is 43.5 Å². The molecule has 6 nitrogen and oxygen atoms in total. The van der Waals surface area contributed by atoms with E-state index in [1.807, 2.05) is 4.90 Å². The Morgan fingerprint density at radius 3 is 2.53 bits per heavy atom. The minimum Gasteiger partial charge on any atom is -0.492 e. The number of alkyl halides is 3. The highest BCUT2D eigenvalue weighted by Crippen LogP contribution is 2.30. The molecule has 0 bridgehead atoms. The first-order chi connectivity index (χ1) is 14.4. The molecule has 3 rings (SSSR count). The summed E-state index contributed by atoms with van der Waals surface area (Å²) in [7, 11) is 1.67. The van der Waals surface area contributed by atoms with Crippen molar-refractivity contribution in [3.05, 3.63) is 29.8 Å². The molecule has 0 spiro atoms. The Balaban J connectivity index is 1.36. The third-order valence-electron chi connectivity index (χ3n) is 5.61. The number of carbonyl (C=O) groups is 1. The largest absolute Gasteiger partial charge is 0.492 e. The maximum atomic E-state index is 12.6. The molecule has 1 unspecified atom stereocenters. The van der Waals surface area contributed by atoms with Crippen molar-refractivity contribution in [1.82, 2.24) is 15.5 Å². The number of hydrogen-bond acceptors (Lipinski definition) is 3. The Bertz CT molecular complexity index is 731. The number of amides is 1. The first kappa shape index (κ1) is 22.2. The number of guanidine groups is 1. The molecule has 0 aromatic heterocycles. The molecule has 1 aromatic carbocycles. The van der Waals surface area contributed by atoms with E-state index in [9.17, 15) is 18.0 Å². The van der Waals surface area contributed by atoms with Crippen LogP contribution >= 0.6 is 0 Å². The van der Waals surface area contributed by atoms with Crippen LogP contribution in [0.2, 0.25) is 0 Å². The van der Waals surface area contributed by atoms with E-state index in [0.717, 1.165) is 50.8 Å². The smallest absolute Gasteiger partial charge is 0.416 e. The Labute approximate surface area is 174 Å². The van der Waals surface area contributed by atoms with Crippen LogP contribution < -0.4 is 15.4 Å². The minimum absolute atomic E-state index is 0.150. The van der Waals surface area contributed by atoms with E-state index in [4.69, 9.17) is 4.74 Å². The summed E-state index contributed by atoms with van der Waals surface area (Å²) in [5, 5.41) is 6.46. The normalized spacial score (nSPS) is 20.5. The fourth-order valence-electron chi connectivity index (χ4n) is 3.98. The van der Waals surface area contributed by atoms with Crippen LogP contribution in [0.3, 0.4) is 0 Å². The lowest BCUT2D eigenvalue weighted by Crippen LogP contribution is -2.46. The van der Waals surface area contributed by atoms with Gasteiger partial charge in [-0.15, -0.1) is 0 Å². The van der Waals surface area contributed by atoms with Gasteiger partial charge in [-0.25, -0.2) is 0 Å². The fraction of sp³-hybridized carbons (Fsp3) is 0.619. The number of benzene rings is 1. The highest BCUT2D eigenvalue weighted by molar-refractivity contribution is 5.81. The van der Waals surface area contributed by atoms with Crippen LogP contribution in [0.1, 0.15) is 37.7 Å². The maximum Gasteiger partial charge on any atom is 0.416 e. The Kier molecular flexibility index (Phi) is 7.44. The molecule has 1 saturated heterocycles. The molecule has 30 heavy (non-hydrogen) atoms. The van der Waals surface area contributed by atoms with E-state index < -0.39 is 11.7 Å². The van der Waals surface area contributed by atoms with Crippen LogP contribution in [0.5, 0.6) is 5.75 Å². The van der Waals surface area contributed by atoms with Crippen molar-refractivity contribution in [2.45, 2.75) is 44.3 Å². The van der Waals surface area contributed by atoms with Crippen LogP contribution in [-0.4, -0.2) is 56.1 Å². The van der Waals surface area contributed by atoms with Crippen molar-refractivity contribution in [2.75, 3.05) is 33.3 Å². The van der Waals surface area contributed by atoms with Crippen molar-refractivity contribution in [2.24, 2.45) is 10.9 Å². The van der Waals surface area contributed by atoms with Gasteiger partial charge in [0.05, 0.1) is 12.1 Å². The van der Waals surface area contributed by atoms with Gasteiger partial charge in [0.2, 0.25) is 5.91 Å². The minimum atomic E-state index is -4.35. The van der Waals surface area contributed by atoms with Gasteiger partial charge in [-0.2, -0.15) is 13.2 Å². The third kappa shape index (κ3) is 6.03. The second kappa shape index (κ2) is 10.0. The number of ether oxygens (including phenoxy) is 1. The number of carbonyl (C=O) groups excluding carboxylic acids is 1.